The molecule has 0 aliphatic rings. The van der Waals surface area contributed by atoms with Crippen molar-refractivity contribution in [2.75, 3.05) is 0 Å². The fourth-order valence-electron chi connectivity index (χ4n) is 3.73. The average molecular weight is 424 g/mol. The van der Waals surface area contributed by atoms with Crippen molar-refractivity contribution in [2.24, 2.45) is 0 Å². The van der Waals surface area contributed by atoms with E-state index in [-0.39, 0.29) is 5.56 Å². The molecule has 0 fully saturated rings. The molecule has 0 saturated carbocycles. The smallest absolute Gasteiger partial charge is 0.273 e. The van der Waals surface area contributed by atoms with Crippen LogP contribution < -0.4 is 5.56 Å². The second kappa shape index (κ2) is 7.67. The van der Waals surface area contributed by atoms with Crippen LogP contribution in [0.5, 0.6) is 0 Å². The maximum absolute atomic E-state index is 12.3. The Morgan fingerprint density at radius 1 is 1.06 bits per heavy atom. The van der Waals surface area contributed by atoms with Gasteiger partial charge < -0.3 is 5.10 Å². The fraction of sp³-hybridized carbons (Fsp3) is 0.0833. The molecule has 3 heterocycles. The molecular formula is C24H17N5OS. The van der Waals surface area contributed by atoms with Gasteiger partial charge in [-0.25, -0.2) is 9.97 Å². The first-order valence-corrected chi connectivity index (χ1v) is 10.6. The predicted octanol–water partition coefficient (Wildman–Crippen LogP) is 4.81. The second-order valence-corrected chi connectivity index (χ2v) is 8.10. The molecule has 6 nitrogen and oxygen atoms in total. The molecule has 0 unspecified atom stereocenters. The van der Waals surface area contributed by atoms with Gasteiger partial charge in [0.05, 0.1) is 34.1 Å². The minimum atomic E-state index is -0.195. The molecule has 7 heteroatoms. The van der Waals surface area contributed by atoms with Crippen molar-refractivity contribution in [1.82, 2.24) is 20.2 Å². The topological polar surface area (TPSA) is 98.2 Å². The van der Waals surface area contributed by atoms with Gasteiger partial charge in [0.2, 0.25) is 0 Å². The van der Waals surface area contributed by atoms with E-state index in [4.69, 9.17) is 9.97 Å². The van der Waals surface area contributed by atoms with E-state index in [1.165, 1.54) is 0 Å². The highest BCUT2D eigenvalue weighted by Crippen LogP contribution is 2.34. The number of hydrogen-bond acceptors (Lipinski definition) is 5. The number of fused-ring (bicyclic) bond motifs is 1. The molecule has 150 valence electrons. The fourth-order valence-corrected chi connectivity index (χ4v) is 4.57. The van der Waals surface area contributed by atoms with Crippen LogP contribution in [0.25, 0.3) is 32.7 Å². The summed E-state index contributed by atoms with van der Waals surface area (Å²) in [5.74, 6) is 0. The van der Waals surface area contributed by atoms with Gasteiger partial charge in [0.15, 0.2) is 0 Å². The van der Waals surface area contributed by atoms with E-state index in [1.807, 2.05) is 66.9 Å². The van der Waals surface area contributed by atoms with Crippen LogP contribution in [0.4, 0.5) is 0 Å². The Kier molecular flexibility index (Phi) is 4.69. The molecule has 0 spiro atoms. The number of aromatic nitrogens is 4. The van der Waals surface area contributed by atoms with Crippen LogP contribution in [0.1, 0.15) is 22.5 Å². The number of nitrogens with one attached hydrogen (secondary N) is 2. The molecule has 2 N–H and O–H groups in total. The van der Waals surface area contributed by atoms with E-state index in [1.54, 1.807) is 11.3 Å². The lowest BCUT2D eigenvalue weighted by Gasteiger charge is -2.07. The van der Waals surface area contributed by atoms with Crippen molar-refractivity contribution in [3.8, 4) is 27.9 Å². The number of aromatic amines is 2. The molecule has 0 radical (unpaired) electrons. The molecule has 0 aliphatic carbocycles. The molecule has 2 aromatic carbocycles. The number of benzene rings is 2. The lowest BCUT2D eigenvalue weighted by molar-refractivity contribution is 1.02. The van der Waals surface area contributed by atoms with Gasteiger partial charge in [0, 0.05) is 28.4 Å². The minimum absolute atomic E-state index is 0.195. The van der Waals surface area contributed by atoms with Crippen LogP contribution in [0.2, 0.25) is 0 Å². The molecule has 3 aromatic heterocycles. The van der Waals surface area contributed by atoms with Crippen LogP contribution >= 0.6 is 11.3 Å². The van der Waals surface area contributed by atoms with Crippen LogP contribution in [0.3, 0.4) is 0 Å². The third-order valence-electron chi connectivity index (χ3n) is 5.23. The molecular weight excluding hydrogens is 406 g/mol. The summed E-state index contributed by atoms with van der Waals surface area (Å²) in [4.78, 5) is 21.9. The Morgan fingerprint density at radius 2 is 1.87 bits per heavy atom. The average Bonchev–Trinajstić information content (AvgIpc) is 3.39. The van der Waals surface area contributed by atoms with Crippen LogP contribution in [0.15, 0.2) is 64.8 Å². The zero-order chi connectivity index (χ0) is 21.4. The molecule has 0 atom stereocenters. The van der Waals surface area contributed by atoms with Crippen LogP contribution in [-0.4, -0.2) is 20.2 Å². The third kappa shape index (κ3) is 3.43. The van der Waals surface area contributed by atoms with Gasteiger partial charge in [-0.05, 0) is 30.7 Å². The van der Waals surface area contributed by atoms with E-state index in [9.17, 15) is 10.1 Å². The standard InChI is InChI=1S/C24H17N5OS/c1-14-22(23(30)29-28-14)21-11-19(18-8-4-5-9-20(18)27-21)24-26-17(13-31-24)10-15-6-2-3-7-16(15)12-25/h2-9,11,13H,10H2,1H3,(H2,28,29,30). The summed E-state index contributed by atoms with van der Waals surface area (Å²) in [5, 5.41) is 18.7. The Labute approximate surface area is 181 Å². The number of pyridine rings is 1. The number of H-pyrrole nitrogens is 2. The number of thiazole rings is 1. The molecule has 0 aliphatic heterocycles. The summed E-state index contributed by atoms with van der Waals surface area (Å²) in [6, 6.07) is 19.6. The number of nitriles is 1. The lowest BCUT2D eigenvalue weighted by atomic mass is 10.0. The van der Waals surface area contributed by atoms with Gasteiger partial charge in [-0.1, -0.05) is 36.4 Å². The van der Waals surface area contributed by atoms with Crippen LogP contribution in [-0.2, 0) is 6.42 Å². The molecule has 0 saturated heterocycles. The normalized spacial score (nSPS) is 11.0. The molecule has 0 bridgehead atoms. The van der Waals surface area contributed by atoms with Gasteiger partial charge in [0.25, 0.3) is 5.56 Å². The van der Waals surface area contributed by atoms with Gasteiger partial charge in [0.1, 0.15) is 5.01 Å². The van der Waals surface area contributed by atoms with Gasteiger partial charge in [-0.2, -0.15) is 5.26 Å². The van der Waals surface area contributed by atoms with Crippen molar-refractivity contribution in [2.45, 2.75) is 13.3 Å². The Hall–Kier alpha value is -4.02. The number of aryl methyl sites for hydroxylation is 1. The van der Waals surface area contributed by atoms with E-state index in [2.05, 4.69) is 16.3 Å². The maximum atomic E-state index is 12.3. The van der Waals surface area contributed by atoms with Crippen LogP contribution in [0, 0.1) is 18.3 Å². The van der Waals surface area contributed by atoms with E-state index < -0.39 is 0 Å². The zero-order valence-electron chi connectivity index (χ0n) is 16.6. The maximum Gasteiger partial charge on any atom is 0.273 e. The third-order valence-corrected chi connectivity index (χ3v) is 6.15. The van der Waals surface area contributed by atoms with E-state index >= 15 is 0 Å². The molecule has 31 heavy (non-hydrogen) atoms. The first kappa shape index (κ1) is 19.0. The quantitative estimate of drug-likeness (QED) is 0.433. The van der Waals surface area contributed by atoms with Crippen molar-refractivity contribution in [3.63, 3.8) is 0 Å². The monoisotopic (exact) mass is 423 g/mol. The zero-order valence-corrected chi connectivity index (χ0v) is 17.5. The summed E-state index contributed by atoms with van der Waals surface area (Å²) >= 11 is 1.55. The minimum Gasteiger partial charge on any atom is -0.302 e. The highest BCUT2D eigenvalue weighted by Gasteiger charge is 2.17. The first-order chi connectivity index (χ1) is 15.1. The Balaban J connectivity index is 1.62. The Bertz CT molecular complexity index is 1520. The lowest BCUT2D eigenvalue weighted by Crippen LogP contribution is -2.03. The number of rotatable bonds is 4. The van der Waals surface area contributed by atoms with Gasteiger partial charge in [-0.15, -0.1) is 11.3 Å². The van der Waals surface area contributed by atoms with Crippen molar-refractivity contribution in [1.29, 1.82) is 5.26 Å². The highest BCUT2D eigenvalue weighted by molar-refractivity contribution is 7.13. The number of hydrogen-bond donors (Lipinski definition) is 2. The van der Waals surface area contributed by atoms with Crippen molar-refractivity contribution in [3.05, 3.63) is 92.8 Å². The van der Waals surface area contributed by atoms with Gasteiger partial charge in [-0.3, -0.25) is 9.89 Å². The van der Waals surface area contributed by atoms with Crippen molar-refractivity contribution >= 4 is 22.2 Å². The number of nitrogens with zero attached hydrogens (tertiary/aromatic N) is 3. The second-order valence-electron chi connectivity index (χ2n) is 7.24. The number of para-hydroxylation sites is 1. The van der Waals surface area contributed by atoms with Crippen molar-refractivity contribution < 1.29 is 0 Å². The van der Waals surface area contributed by atoms with E-state index in [0.29, 0.717) is 23.2 Å². The summed E-state index contributed by atoms with van der Waals surface area (Å²) in [7, 11) is 0. The SMILES string of the molecule is Cc1[nH][nH]c(=O)c1-c1cc(-c2nc(Cc3ccccc3C#N)cs2)c2ccccc2n1. The summed E-state index contributed by atoms with van der Waals surface area (Å²) in [6.07, 6.45) is 0.590. The Morgan fingerprint density at radius 3 is 2.68 bits per heavy atom. The largest absolute Gasteiger partial charge is 0.302 e. The summed E-state index contributed by atoms with van der Waals surface area (Å²) in [6.45, 7) is 1.85. The predicted molar refractivity (Wildman–Crippen MR) is 122 cm³/mol. The summed E-state index contributed by atoms with van der Waals surface area (Å²) < 4.78 is 0. The van der Waals surface area contributed by atoms with E-state index in [0.717, 1.165) is 38.4 Å². The molecule has 5 aromatic rings. The molecule has 5 rings (SSSR count). The highest BCUT2D eigenvalue weighted by atomic mass is 32.1. The van der Waals surface area contributed by atoms with Gasteiger partial charge >= 0.3 is 0 Å². The molecule has 0 amide bonds. The summed E-state index contributed by atoms with van der Waals surface area (Å²) in [5.41, 5.74) is 5.96. The first-order valence-electron chi connectivity index (χ1n) is 9.74.